The summed E-state index contributed by atoms with van der Waals surface area (Å²) < 4.78 is 0. The van der Waals surface area contributed by atoms with E-state index in [1.54, 1.807) is 6.08 Å². The molecule has 5 heteroatoms. The van der Waals surface area contributed by atoms with Crippen LogP contribution in [0.15, 0.2) is 30.8 Å². The molecule has 5 nitrogen and oxygen atoms in total. The van der Waals surface area contributed by atoms with Gasteiger partial charge in [-0.1, -0.05) is 42.0 Å². The molecule has 1 heterocycles. The molecule has 0 unspecified atom stereocenters. The number of benzene rings is 1. The highest BCUT2D eigenvalue weighted by molar-refractivity contribution is 5.51. The van der Waals surface area contributed by atoms with Crippen molar-refractivity contribution in [1.82, 2.24) is 20.2 Å². The van der Waals surface area contributed by atoms with Gasteiger partial charge in [0.2, 0.25) is 0 Å². The van der Waals surface area contributed by atoms with E-state index in [0.29, 0.717) is 6.54 Å². The van der Waals surface area contributed by atoms with Gasteiger partial charge < -0.3 is 5.73 Å². The summed E-state index contributed by atoms with van der Waals surface area (Å²) in [5, 5.41) is 11.3. The zero-order valence-electron chi connectivity index (χ0n) is 8.17. The summed E-state index contributed by atoms with van der Waals surface area (Å²) in [7, 11) is 0. The van der Waals surface area contributed by atoms with E-state index < -0.39 is 0 Å². The first kappa shape index (κ1) is 9.39. The summed E-state index contributed by atoms with van der Waals surface area (Å²) in [5.74, 6) is 0.186. The molecule has 0 bridgehead atoms. The first-order valence-electron chi connectivity index (χ1n) is 4.53. The second-order valence-electron chi connectivity index (χ2n) is 3.08. The van der Waals surface area contributed by atoms with Crippen LogP contribution in [0, 0.1) is 0 Å². The van der Waals surface area contributed by atoms with E-state index in [-0.39, 0.29) is 5.95 Å². The molecule has 0 amide bonds. The number of anilines is 1. The lowest BCUT2D eigenvalue weighted by Gasteiger charge is -2.03. The van der Waals surface area contributed by atoms with Crippen molar-refractivity contribution in [3.05, 3.63) is 42.0 Å². The quantitative estimate of drug-likeness (QED) is 0.802. The Balaban J connectivity index is 2.27. The Bertz CT molecular complexity index is 474. The molecule has 0 fully saturated rings. The van der Waals surface area contributed by atoms with Crippen LogP contribution in [0.5, 0.6) is 0 Å². The summed E-state index contributed by atoms with van der Waals surface area (Å²) in [6, 6.07) is 7.91. The fourth-order valence-electron chi connectivity index (χ4n) is 1.35. The molecular weight excluding hydrogens is 190 g/mol. The molecule has 0 saturated heterocycles. The summed E-state index contributed by atoms with van der Waals surface area (Å²) in [6.07, 6.45) is 1.80. The van der Waals surface area contributed by atoms with Gasteiger partial charge in [-0.25, -0.2) is 0 Å². The van der Waals surface area contributed by atoms with Gasteiger partial charge in [0.05, 0.1) is 6.54 Å². The van der Waals surface area contributed by atoms with Crippen molar-refractivity contribution in [3.8, 4) is 0 Å². The summed E-state index contributed by atoms with van der Waals surface area (Å²) in [4.78, 5) is 1.46. The van der Waals surface area contributed by atoms with Crippen LogP contribution in [0.25, 0.3) is 6.08 Å². The van der Waals surface area contributed by atoms with Crippen LogP contribution >= 0.6 is 0 Å². The van der Waals surface area contributed by atoms with Crippen LogP contribution in [-0.4, -0.2) is 20.2 Å². The van der Waals surface area contributed by atoms with E-state index in [1.165, 1.54) is 4.80 Å². The van der Waals surface area contributed by atoms with Gasteiger partial charge >= 0.3 is 0 Å². The van der Waals surface area contributed by atoms with Gasteiger partial charge in [-0.15, -0.1) is 5.10 Å². The largest absolute Gasteiger partial charge is 0.365 e. The van der Waals surface area contributed by atoms with Crippen LogP contribution in [0.1, 0.15) is 11.1 Å². The highest BCUT2D eigenvalue weighted by Gasteiger charge is 2.02. The lowest BCUT2D eigenvalue weighted by Crippen LogP contribution is -2.05. The summed E-state index contributed by atoms with van der Waals surface area (Å²) in [5.41, 5.74) is 7.53. The number of aromatic nitrogens is 4. The van der Waals surface area contributed by atoms with Crippen molar-refractivity contribution in [3.63, 3.8) is 0 Å². The molecule has 2 aromatic rings. The van der Waals surface area contributed by atoms with E-state index in [0.717, 1.165) is 11.1 Å². The van der Waals surface area contributed by atoms with Gasteiger partial charge in [-0.2, -0.15) is 4.80 Å². The Morgan fingerprint density at radius 2 is 2.20 bits per heavy atom. The van der Waals surface area contributed by atoms with Gasteiger partial charge in [0.15, 0.2) is 0 Å². The highest BCUT2D eigenvalue weighted by Crippen LogP contribution is 2.10. The summed E-state index contributed by atoms with van der Waals surface area (Å²) >= 11 is 0. The van der Waals surface area contributed by atoms with Gasteiger partial charge in [0, 0.05) is 0 Å². The highest BCUT2D eigenvalue weighted by atomic mass is 15.6. The molecule has 0 aliphatic carbocycles. The fraction of sp³-hybridized carbons (Fsp3) is 0.100. The Morgan fingerprint density at radius 3 is 2.87 bits per heavy atom. The molecular formula is C10H11N5. The molecule has 76 valence electrons. The van der Waals surface area contributed by atoms with E-state index in [2.05, 4.69) is 22.0 Å². The Morgan fingerprint density at radius 1 is 1.40 bits per heavy atom. The van der Waals surface area contributed by atoms with Crippen LogP contribution in [0.4, 0.5) is 5.95 Å². The molecule has 1 aromatic heterocycles. The predicted octanol–water partition coefficient (Wildman–Crippen LogP) is 0.947. The average molecular weight is 201 g/mol. The SMILES string of the molecule is C=Cc1ccccc1Cn1nnc(N)n1. The Kier molecular flexibility index (Phi) is 2.45. The average Bonchev–Trinajstić information content (AvgIpc) is 2.65. The van der Waals surface area contributed by atoms with Crippen molar-refractivity contribution in [2.75, 3.05) is 5.73 Å². The second-order valence-corrected chi connectivity index (χ2v) is 3.08. The Labute approximate surface area is 87.2 Å². The van der Waals surface area contributed by atoms with Gasteiger partial charge in [0.1, 0.15) is 0 Å². The minimum Gasteiger partial charge on any atom is -0.365 e. The van der Waals surface area contributed by atoms with Crippen molar-refractivity contribution in [1.29, 1.82) is 0 Å². The van der Waals surface area contributed by atoms with E-state index in [4.69, 9.17) is 5.73 Å². The number of hydrogen-bond acceptors (Lipinski definition) is 4. The molecule has 0 radical (unpaired) electrons. The molecule has 2 rings (SSSR count). The third-order valence-electron chi connectivity index (χ3n) is 2.06. The second kappa shape index (κ2) is 3.91. The molecule has 1 aromatic carbocycles. The lowest BCUT2D eigenvalue weighted by atomic mass is 10.1. The zero-order chi connectivity index (χ0) is 10.7. The smallest absolute Gasteiger partial charge is 0.260 e. The molecule has 0 aliphatic heterocycles. The minimum atomic E-state index is 0.186. The maximum absolute atomic E-state index is 5.38. The third kappa shape index (κ3) is 2.01. The van der Waals surface area contributed by atoms with Crippen LogP contribution in [0.3, 0.4) is 0 Å². The lowest BCUT2D eigenvalue weighted by molar-refractivity contribution is 0.572. The number of rotatable bonds is 3. The zero-order valence-corrected chi connectivity index (χ0v) is 8.17. The number of hydrogen-bond donors (Lipinski definition) is 1. The number of nitrogens with two attached hydrogens (primary N) is 1. The molecule has 0 atom stereocenters. The maximum atomic E-state index is 5.38. The number of tetrazole rings is 1. The van der Waals surface area contributed by atoms with Crippen molar-refractivity contribution >= 4 is 12.0 Å². The van der Waals surface area contributed by atoms with Crippen molar-refractivity contribution in [2.24, 2.45) is 0 Å². The van der Waals surface area contributed by atoms with Crippen LogP contribution in [0.2, 0.25) is 0 Å². The predicted molar refractivity (Wildman–Crippen MR) is 57.9 cm³/mol. The van der Waals surface area contributed by atoms with Crippen LogP contribution in [-0.2, 0) is 6.54 Å². The van der Waals surface area contributed by atoms with E-state index in [9.17, 15) is 0 Å². The first-order chi connectivity index (χ1) is 7.29. The topological polar surface area (TPSA) is 69.6 Å². The standard InChI is InChI=1S/C10H11N5/c1-2-8-5-3-4-6-9(8)7-15-13-10(11)12-14-15/h2-6H,1,7H2,(H2,11,13). The minimum absolute atomic E-state index is 0.186. The first-order valence-corrected chi connectivity index (χ1v) is 4.53. The van der Waals surface area contributed by atoms with Gasteiger partial charge in [-0.3, -0.25) is 0 Å². The van der Waals surface area contributed by atoms with Crippen LogP contribution < -0.4 is 5.73 Å². The molecule has 0 aliphatic rings. The summed E-state index contributed by atoms with van der Waals surface area (Å²) in [6.45, 7) is 4.30. The maximum Gasteiger partial charge on any atom is 0.260 e. The molecule has 0 saturated carbocycles. The van der Waals surface area contributed by atoms with Crippen molar-refractivity contribution in [2.45, 2.75) is 6.54 Å². The van der Waals surface area contributed by atoms with Gasteiger partial charge in [-0.05, 0) is 16.3 Å². The normalized spacial score (nSPS) is 10.1. The van der Waals surface area contributed by atoms with Gasteiger partial charge in [0.25, 0.3) is 5.95 Å². The molecule has 2 N–H and O–H groups in total. The fourth-order valence-corrected chi connectivity index (χ4v) is 1.35. The van der Waals surface area contributed by atoms with E-state index >= 15 is 0 Å². The van der Waals surface area contributed by atoms with Crippen molar-refractivity contribution < 1.29 is 0 Å². The monoisotopic (exact) mass is 201 g/mol. The number of nitrogens with zero attached hydrogens (tertiary/aromatic N) is 4. The number of nitrogen functional groups attached to an aromatic ring is 1. The third-order valence-corrected chi connectivity index (χ3v) is 2.06. The van der Waals surface area contributed by atoms with E-state index in [1.807, 2.05) is 24.3 Å². The molecule has 15 heavy (non-hydrogen) atoms. The molecule has 0 spiro atoms. The Hall–Kier alpha value is -2.17.